The average molecular weight is 227 g/mol. The molecule has 0 saturated carbocycles. The van der Waals surface area contributed by atoms with Crippen LogP contribution in [0.3, 0.4) is 0 Å². The Kier molecular flexibility index (Phi) is 2.99. The predicted molar refractivity (Wildman–Crippen MR) is 55.7 cm³/mol. The summed E-state index contributed by atoms with van der Waals surface area (Å²) in [6, 6.07) is 0. The van der Waals surface area contributed by atoms with Crippen LogP contribution in [0.2, 0.25) is 0 Å². The van der Waals surface area contributed by atoms with Crippen molar-refractivity contribution in [3.63, 3.8) is 0 Å². The van der Waals surface area contributed by atoms with E-state index in [2.05, 4.69) is 0 Å². The van der Waals surface area contributed by atoms with Crippen LogP contribution in [0.1, 0.15) is 26.7 Å². The Bertz CT molecular complexity index is 303. The normalized spacial score (nSPS) is 29.5. The topological polar surface area (TPSA) is 55.8 Å². The van der Waals surface area contributed by atoms with Crippen molar-refractivity contribution >= 4 is 11.7 Å². The van der Waals surface area contributed by atoms with Crippen molar-refractivity contribution in [3.05, 3.63) is 0 Å². The van der Waals surface area contributed by atoms with E-state index in [1.54, 1.807) is 18.7 Å². The lowest BCUT2D eigenvalue weighted by atomic mass is 10.1. The number of nitrogens with zero attached hydrogens (tertiary/aromatic N) is 1. The first-order valence-electron chi connectivity index (χ1n) is 5.60. The van der Waals surface area contributed by atoms with Gasteiger partial charge in [0.05, 0.1) is 6.61 Å². The number of hydrogen-bond donors (Lipinski definition) is 0. The molecule has 0 unspecified atom stereocenters. The zero-order valence-electron chi connectivity index (χ0n) is 9.69. The summed E-state index contributed by atoms with van der Waals surface area (Å²) in [5, 5.41) is 0. The molecular formula is C11H17NO4. The van der Waals surface area contributed by atoms with Crippen LogP contribution in [-0.4, -0.2) is 48.2 Å². The first-order chi connectivity index (χ1) is 7.48. The van der Waals surface area contributed by atoms with Gasteiger partial charge in [-0.25, -0.2) is 0 Å². The number of ether oxygens (including phenoxy) is 2. The molecule has 0 spiro atoms. The highest BCUT2D eigenvalue weighted by atomic mass is 16.7. The van der Waals surface area contributed by atoms with Gasteiger partial charge in [-0.05, 0) is 13.8 Å². The van der Waals surface area contributed by atoms with Gasteiger partial charge in [-0.15, -0.1) is 0 Å². The Hall–Kier alpha value is -0.940. The summed E-state index contributed by atoms with van der Waals surface area (Å²) in [5.41, 5.74) is 0. The van der Waals surface area contributed by atoms with Crippen molar-refractivity contribution in [1.82, 2.24) is 4.90 Å². The number of rotatable bonds is 1. The first kappa shape index (κ1) is 11.5. The molecule has 0 aromatic heterocycles. The second kappa shape index (κ2) is 4.14. The molecule has 2 aliphatic heterocycles. The van der Waals surface area contributed by atoms with E-state index in [0.717, 1.165) is 0 Å². The molecule has 0 N–H and O–H groups in total. The van der Waals surface area contributed by atoms with Gasteiger partial charge in [0.25, 0.3) is 5.91 Å². The standard InChI is InChI=1S/C11H17NO4/c1-11(2)15-7-9(16-11)10(14)12-5-3-8(13)4-6-12/h9H,3-7H2,1-2H3/t9-/m0/s1. The number of amides is 1. The fourth-order valence-electron chi connectivity index (χ4n) is 1.99. The van der Waals surface area contributed by atoms with E-state index in [4.69, 9.17) is 9.47 Å². The molecule has 90 valence electrons. The summed E-state index contributed by atoms with van der Waals surface area (Å²) in [6.07, 6.45) is 0.411. The highest BCUT2D eigenvalue weighted by molar-refractivity contribution is 5.85. The molecule has 0 aromatic rings. The zero-order valence-corrected chi connectivity index (χ0v) is 9.69. The predicted octanol–water partition coefficient (Wildman–Crippen LogP) is 0.329. The van der Waals surface area contributed by atoms with Crippen molar-refractivity contribution in [1.29, 1.82) is 0 Å². The number of piperidine rings is 1. The Morgan fingerprint density at radius 2 is 2.00 bits per heavy atom. The van der Waals surface area contributed by atoms with Crippen LogP contribution < -0.4 is 0 Å². The molecule has 0 bridgehead atoms. The van der Waals surface area contributed by atoms with Gasteiger partial charge in [0.1, 0.15) is 5.78 Å². The van der Waals surface area contributed by atoms with Crippen molar-refractivity contribution in [2.75, 3.05) is 19.7 Å². The SMILES string of the molecule is CC1(C)OC[C@@H](C(=O)N2CCC(=O)CC2)O1. The lowest BCUT2D eigenvalue weighted by Gasteiger charge is -2.28. The minimum absolute atomic E-state index is 0.0573. The van der Waals surface area contributed by atoms with Crippen LogP contribution in [0.25, 0.3) is 0 Å². The van der Waals surface area contributed by atoms with Gasteiger partial charge in [-0.2, -0.15) is 0 Å². The molecule has 5 nitrogen and oxygen atoms in total. The molecule has 1 amide bonds. The number of Topliss-reactive ketones (excluding diaryl/α,β-unsaturated/α-hetero) is 1. The maximum atomic E-state index is 12.0. The number of likely N-dealkylation sites (tertiary alicyclic amines) is 1. The number of carbonyl (C=O) groups excluding carboxylic acids is 2. The average Bonchev–Trinajstić information content (AvgIpc) is 2.59. The summed E-state index contributed by atoms with van der Waals surface area (Å²) in [7, 11) is 0. The highest BCUT2D eigenvalue weighted by Gasteiger charge is 2.39. The molecule has 2 aliphatic rings. The molecule has 5 heteroatoms. The monoisotopic (exact) mass is 227 g/mol. The van der Waals surface area contributed by atoms with E-state index in [1.807, 2.05) is 0 Å². The quantitative estimate of drug-likeness (QED) is 0.647. The van der Waals surface area contributed by atoms with E-state index in [-0.39, 0.29) is 11.7 Å². The molecule has 2 heterocycles. The second-order valence-electron chi connectivity index (χ2n) is 4.68. The fraction of sp³-hybridized carbons (Fsp3) is 0.818. The van der Waals surface area contributed by atoms with Crippen LogP contribution in [-0.2, 0) is 19.1 Å². The Morgan fingerprint density at radius 1 is 1.38 bits per heavy atom. The fourth-order valence-corrected chi connectivity index (χ4v) is 1.99. The molecule has 1 atom stereocenters. The second-order valence-corrected chi connectivity index (χ2v) is 4.68. The van der Waals surface area contributed by atoms with Gasteiger partial charge >= 0.3 is 0 Å². The molecule has 0 radical (unpaired) electrons. The Labute approximate surface area is 94.7 Å². The molecule has 2 fully saturated rings. The first-order valence-corrected chi connectivity index (χ1v) is 5.60. The van der Waals surface area contributed by atoms with Gasteiger partial charge in [0.2, 0.25) is 0 Å². The van der Waals surface area contributed by atoms with E-state index in [1.165, 1.54) is 0 Å². The van der Waals surface area contributed by atoms with Gasteiger partial charge in [-0.1, -0.05) is 0 Å². The molecule has 0 aliphatic carbocycles. The number of carbonyl (C=O) groups is 2. The molecule has 2 rings (SSSR count). The van der Waals surface area contributed by atoms with E-state index < -0.39 is 11.9 Å². The van der Waals surface area contributed by atoms with Crippen LogP contribution in [0.5, 0.6) is 0 Å². The Morgan fingerprint density at radius 3 is 2.50 bits per heavy atom. The third kappa shape index (κ3) is 2.41. The molecule has 16 heavy (non-hydrogen) atoms. The number of ketones is 1. The van der Waals surface area contributed by atoms with Crippen LogP contribution in [0.4, 0.5) is 0 Å². The minimum Gasteiger partial charge on any atom is -0.347 e. The third-order valence-corrected chi connectivity index (χ3v) is 2.92. The molecular weight excluding hydrogens is 210 g/mol. The van der Waals surface area contributed by atoms with Gasteiger partial charge < -0.3 is 14.4 Å². The minimum atomic E-state index is -0.675. The summed E-state index contributed by atoms with van der Waals surface area (Å²) < 4.78 is 10.8. The zero-order chi connectivity index (χ0) is 11.8. The molecule has 2 saturated heterocycles. The molecule has 0 aromatic carbocycles. The van der Waals surface area contributed by atoms with E-state index >= 15 is 0 Å². The lowest BCUT2D eigenvalue weighted by molar-refractivity contribution is -0.161. The van der Waals surface area contributed by atoms with E-state index in [0.29, 0.717) is 32.5 Å². The number of hydrogen-bond acceptors (Lipinski definition) is 4. The summed E-state index contributed by atoms with van der Waals surface area (Å²) >= 11 is 0. The summed E-state index contributed by atoms with van der Waals surface area (Å²) in [4.78, 5) is 24.8. The van der Waals surface area contributed by atoms with Crippen molar-refractivity contribution in [2.24, 2.45) is 0 Å². The highest BCUT2D eigenvalue weighted by Crippen LogP contribution is 2.24. The maximum absolute atomic E-state index is 12.0. The van der Waals surface area contributed by atoms with Gasteiger partial charge in [0.15, 0.2) is 11.9 Å². The van der Waals surface area contributed by atoms with Gasteiger partial charge in [0, 0.05) is 25.9 Å². The summed E-state index contributed by atoms with van der Waals surface area (Å²) in [6.45, 7) is 4.91. The van der Waals surface area contributed by atoms with Crippen molar-refractivity contribution in [3.8, 4) is 0 Å². The van der Waals surface area contributed by atoms with Crippen LogP contribution in [0, 0.1) is 0 Å². The van der Waals surface area contributed by atoms with Gasteiger partial charge in [-0.3, -0.25) is 9.59 Å². The van der Waals surface area contributed by atoms with Crippen LogP contribution >= 0.6 is 0 Å². The van der Waals surface area contributed by atoms with Crippen molar-refractivity contribution in [2.45, 2.75) is 38.6 Å². The largest absolute Gasteiger partial charge is 0.347 e. The smallest absolute Gasteiger partial charge is 0.254 e. The third-order valence-electron chi connectivity index (χ3n) is 2.92. The van der Waals surface area contributed by atoms with Crippen molar-refractivity contribution < 1.29 is 19.1 Å². The summed E-state index contributed by atoms with van der Waals surface area (Å²) in [5.74, 6) is -0.502. The van der Waals surface area contributed by atoms with Crippen LogP contribution in [0.15, 0.2) is 0 Å². The lowest BCUT2D eigenvalue weighted by Crippen LogP contribution is -2.45. The maximum Gasteiger partial charge on any atom is 0.254 e. The van der Waals surface area contributed by atoms with E-state index in [9.17, 15) is 9.59 Å². The Balaban J connectivity index is 1.91.